The number of ether oxygens (including phenoxy) is 1. The minimum atomic E-state index is -0.341. The van der Waals surface area contributed by atoms with Gasteiger partial charge in [-0.2, -0.15) is 0 Å². The van der Waals surface area contributed by atoms with E-state index in [9.17, 15) is 4.79 Å². The zero-order valence-electron chi connectivity index (χ0n) is 11.4. The number of hydrogen-bond acceptors (Lipinski definition) is 3. The van der Waals surface area contributed by atoms with Crippen LogP contribution >= 0.6 is 11.6 Å². The number of benzene rings is 1. The third-order valence-corrected chi connectivity index (χ3v) is 3.19. The number of carbonyl (C=O) groups excluding carboxylic acids is 1. The molecule has 4 heteroatoms. The van der Waals surface area contributed by atoms with Gasteiger partial charge in [0, 0.05) is 17.6 Å². The predicted molar refractivity (Wildman–Crippen MR) is 79.2 cm³/mol. The van der Waals surface area contributed by atoms with Gasteiger partial charge in [-0.3, -0.25) is 0 Å². The van der Waals surface area contributed by atoms with Crippen LogP contribution in [0.25, 0.3) is 6.08 Å². The van der Waals surface area contributed by atoms with E-state index in [1.165, 1.54) is 6.08 Å². The van der Waals surface area contributed by atoms with Crippen molar-refractivity contribution in [1.82, 2.24) is 4.90 Å². The molecule has 0 bridgehead atoms. The van der Waals surface area contributed by atoms with Crippen LogP contribution in [0.2, 0.25) is 5.02 Å². The molecule has 1 aromatic rings. The number of nitrogens with zero attached hydrogens (tertiary/aromatic N) is 1. The van der Waals surface area contributed by atoms with Crippen LogP contribution in [0.5, 0.6) is 0 Å². The van der Waals surface area contributed by atoms with Crippen molar-refractivity contribution in [3.05, 3.63) is 40.9 Å². The second kappa shape index (κ2) is 8.73. The summed E-state index contributed by atoms with van der Waals surface area (Å²) < 4.78 is 5.13. The molecule has 0 spiro atoms. The van der Waals surface area contributed by atoms with Gasteiger partial charge < -0.3 is 9.64 Å². The van der Waals surface area contributed by atoms with Gasteiger partial charge in [-0.25, -0.2) is 4.79 Å². The molecule has 0 saturated heterocycles. The van der Waals surface area contributed by atoms with Crippen LogP contribution in [-0.2, 0) is 9.53 Å². The molecule has 0 fully saturated rings. The molecule has 0 aliphatic heterocycles. The molecule has 0 saturated carbocycles. The van der Waals surface area contributed by atoms with Crippen molar-refractivity contribution in [2.75, 3.05) is 26.2 Å². The van der Waals surface area contributed by atoms with Gasteiger partial charge in [0.2, 0.25) is 0 Å². The zero-order valence-corrected chi connectivity index (χ0v) is 12.2. The number of hydrogen-bond donors (Lipinski definition) is 0. The number of likely N-dealkylation sites (N-methyl/N-ethyl adjacent to an activating group) is 1. The Bertz CT molecular complexity index is 428. The smallest absolute Gasteiger partial charge is 0.330 e. The summed E-state index contributed by atoms with van der Waals surface area (Å²) in [6.07, 6.45) is 3.07. The van der Waals surface area contributed by atoms with Crippen molar-refractivity contribution < 1.29 is 9.53 Å². The highest BCUT2D eigenvalue weighted by Gasteiger charge is 2.02. The van der Waals surface area contributed by atoms with Crippen molar-refractivity contribution in [2.45, 2.75) is 13.8 Å². The Morgan fingerprint density at radius 1 is 1.32 bits per heavy atom. The lowest BCUT2D eigenvalue weighted by atomic mass is 10.2. The van der Waals surface area contributed by atoms with E-state index in [1.807, 2.05) is 18.2 Å². The minimum absolute atomic E-state index is 0.341. The van der Waals surface area contributed by atoms with Crippen LogP contribution in [0.3, 0.4) is 0 Å². The number of carbonyl (C=O) groups is 1. The Morgan fingerprint density at radius 3 is 2.63 bits per heavy atom. The molecule has 3 nitrogen and oxygen atoms in total. The molecule has 0 aliphatic rings. The van der Waals surface area contributed by atoms with Crippen molar-refractivity contribution >= 4 is 23.6 Å². The van der Waals surface area contributed by atoms with Crippen LogP contribution < -0.4 is 0 Å². The summed E-state index contributed by atoms with van der Waals surface area (Å²) in [5.41, 5.74) is 0.810. The van der Waals surface area contributed by atoms with E-state index in [0.717, 1.165) is 25.2 Å². The molecule has 0 radical (unpaired) electrons. The highest BCUT2D eigenvalue weighted by molar-refractivity contribution is 6.32. The Balaban J connectivity index is 2.37. The quantitative estimate of drug-likeness (QED) is 0.568. The second-order valence-electron chi connectivity index (χ2n) is 4.05. The van der Waals surface area contributed by atoms with E-state index >= 15 is 0 Å². The molecular weight excluding hydrogens is 262 g/mol. The van der Waals surface area contributed by atoms with Gasteiger partial charge in [-0.15, -0.1) is 0 Å². The van der Waals surface area contributed by atoms with E-state index in [-0.39, 0.29) is 5.97 Å². The molecular formula is C15H20ClNO2. The van der Waals surface area contributed by atoms with Crippen molar-refractivity contribution in [2.24, 2.45) is 0 Å². The highest BCUT2D eigenvalue weighted by Crippen LogP contribution is 2.16. The first-order valence-corrected chi connectivity index (χ1v) is 6.86. The normalized spacial score (nSPS) is 11.2. The first-order valence-electron chi connectivity index (χ1n) is 6.49. The Morgan fingerprint density at radius 2 is 2.00 bits per heavy atom. The summed E-state index contributed by atoms with van der Waals surface area (Å²) >= 11 is 5.98. The molecule has 0 N–H and O–H groups in total. The summed E-state index contributed by atoms with van der Waals surface area (Å²) in [5, 5.41) is 0.620. The number of rotatable bonds is 7. The summed E-state index contributed by atoms with van der Waals surface area (Å²) in [5.74, 6) is -0.341. The predicted octanol–water partition coefficient (Wildman–Crippen LogP) is 3.24. The van der Waals surface area contributed by atoms with Gasteiger partial charge in [0.15, 0.2) is 0 Å². The third-order valence-electron chi connectivity index (χ3n) is 2.85. The van der Waals surface area contributed by atoms with Gasteiger partial charge in [0.1, 0.15) is 6.61 Å². The fourth-order valence-electron chi connectivity index (χ4n) is 1.63. The summed E-state index contributed by atoms with van der Waals surface area (Å²) in [6.45, 7) is 7.27. The fourth-order valence-corrected chi connectivity index (χ4v) is 1.83. The molecule has 104 valence electrons. The molecule has 19 heavy (non-hydrogen) atoms. The van der Waals surface area contributed by atoms with Gasteiger partial charge in [-0.05, 0) is 30.8 Å². The zero-order chi connectivity index (χ0) is 14.1. The molecule has 0 aliphatic carbocycles. The first kappa shape index (κ1) is 15.7. The first-order chi connectivity index (χ1) is 9.17. The topological polar surface area (TPSA) is 29.5 Å². The van der Waals surface area contributed by atoms with Gasteiger partial charge in [0.25, 0.3) is 0 Å². The maximum Gasteiger partial charge on any atom is 0.330 e. The lowest BCUT2D eigenvalue weighted by molar-refractivity contribution is -0.138. The van der Waals surface area contributed by atoms with Gasteiger partial charge >= 0.3 is 5.97 Å². The van der Waals surface area contributed by atoms with Crippen molar-refractivity contribution in [1.29, 1.82) is 0 Å². The van der Waals surface area contributed by atoms with E-state index in [2.05, 4.69) is 18.7 Å². The SMILES string of the molecule is CCN(CC)CCOC(=O)/C=C\c1ccccc1Cl. The molecule has 0 aromatic heterocycles. The maximum absolute atomic E-state index is 11.5. The van der Waals surface area contributed by atoms with E-state index in [4.69, 9.17) is 16.3 Å². The summed E-state index contributed by atoms with van der Waals surface area (Å²) in [4.78, 5) is 13.7. The van der Waals surface area contributed by atoms with Crippen LogP contribution in [0.15, 0.2) is 30.3 Å². The Hall–Kier alpha value is -1.32. The lowest BCUT2D eigenvalue weighted by Gasteiger charge is -2.16. The molecule has 1 aromatic carbocycles. The van der Waals surface area contributed by atoms with Crippen LogP contribution in [-0.4, -0.2) is 37.1 Å². The molecule has 0 amide bonds. The monoisotopic (exact) mass is 281 g/mol. The van der Waals surface area contributed by atoms with E-state index in [0.29, 0.717) is 11.6 Å². The molecule has 0 heterocycles. The van der Waals surface area contributed by atoms with E-state index in [1.54, 1.807) is 12.1 Å². The third kappa shape index (κ3) is 5.90. The van der Waals surface area contributed by atoms with Crippen molar-refractivity contribution in [3.8, 4) is 0 Å². The van der Waals surface area contributed by atoms with Crippen LogP contribution in [0, 0.1) is 0 Å². The maximum atomic E-state index is 11.5. The standard InChI is InChI=1S/C15H20ClNO2/c1-3-17(4-2)11-12-19-15(18)10-9-13-7-5-6-8-14(13)16/h5-10H,3-4,11-12H2,1-2H3/b10-9-. The number of esters is 1. The number of halogens is 1. The summed E-state index contributed by atoms with van der Waals surface area (Å²) in [7, 11) is 0. The highest BCUT2D eigenvalue weighted by atomic mass is 35.5. The van der Waals surface area contributed by atoms with Gasteiger partial charge in [0.05, 0.1) is 0 Å². The van der Waals surface area contributed by atoms with Crippen LogP contribution in [0.4, 0.5) is 0 Å². The molecule has 0 unspecified atom stereocenters. The Kier molecular flexibility index (Phi) is 7.23. The summed E-state index contributed by atoms with van der Waals surface area (Å²) in [6, 6.07) is 7.36. The average molecular weight is 282 g/mol. The molecule has 0 atom stereocenters. The van der Waals surface area contributed by atoms with E-state index < -0.39 is 0 Å². The minimum Gasteiger partial charge on any atom is -0.461 e. The van der Waals surface area contributed by atoms with Gasteiger partial charge in [-0.1, -0.05) is 43.6 Å². The van der Waals surface area contributed by atoms with Crippen molar-refractivity contribution in [3.63, 3.8) is 0 Å². The average Bonchev–Trinajstić information content (AvgIpc) is 2.43. The van der Waals surface area contributed by atoms with Crippen LogP contribution in [0.1, 0.15) is 19.4 Å². The molecule has 1 rings (SSSR count). The second-order valence-corrected chi connectivity index (χ2v) is 4.46. The lowest BCUT2D eigenvalue weighted by Crippen LogP contribution is -2.27. The fraction of sp³-hybridized carbons (Fsp3) is 0.400. The largest absolute Gasteiger partial charge is 0.461 e. The Labute approximate surface area is 119 Å².